The number of para-hydroxylation sites is 1. The third-order valence-corrected chi connectivity index (χ3v) is 5.31. The molecule has 0 fully saturated rings. The lowest BCUT2D eigenvalue weighted by atomic mass is 10.1. The van der Waals surface area contributed by atoms with Crippen LogP contribution >= 0.6 is 11.8 Å². The van der Waals surface area contributed by atoms with E-state index in [9.17, 15) is 14.0 Å². The van der Waals surface area contributed by atoms with Gasteiger partial charge in [0.15, 0.2) is 4.75 Å². The minimum absolute atomic E-state index is 0.269. The van der Waals surface area contributed by atoms with Crippen LogP contribution < -0.4 is 10.6 Å². The van der Waals surface area contributed by atoms with Gasteiger partial charge in [-0.2, -0.15) is 0 Å². The van der Waals surface area contributed by atoms with Crippen LogP contribution in [-0.4, -0.2) is 23.1 Å². The Labute approximate surface area is 143 Å². The molecule has 0 saturated carbocycles. The number of carbonyl (C=O) groups excluding carboxylic acids is 2. The smallest absolute Gasteiger partial charge is 0.250 e. The molecule has 2 N–H and O–H groups in total. The van der Waals surface area contributed by atoms with Crippen LogP contribution in [0.15, 0.2) is 53.4 Å². The molecule has 0 bridgehead atoms. The van der Waals surface area contributed by atoms with E-state index in [4.69, 9.17) is 0 Å². The first-order valence-electron chi connectivity index (χ1n) is 7.62. The summed E-state index contributed by atoms with van der Waals surface area (Å²) in [5.74, 6) is -1.03. The molecule has 0 aliphatic carbocycles. The number of thioether (sulfide) groups is 1. The Morgan fingerprint density at radius 3 is 2.71 bits per heavy atom. The summed E-state index contributed by atoms with van der Waals surface area (Å²) < 4.78 is 12.3. The van der Waals surface area contributed by atoms with Gasteiger partial charge in [-0.05, 0) is 37.1 Å². The average Bonchev–Trinajstić information content (AvgIpc) is 2.57. The maximum atomic E-state index is 13.6. The number of nitrogens with one attached hydrogen (secondary N) is 2. The lowest BCUT2D eigenvalue weighted by Crippen LogP contribution is -2.52. The maximum absolute atomic E-state index is 13.6. The van der Waals surface area contributed by atoms with Crippen LogP contribution in [0.5, 0.6) is 0 Å². The SMILES string of the molecule is CC1(C(=O)NCCc2ccccc2F)Sc2ccccc2NC1=O. The van der Waals surface area contributed by atoms with Gasteiger partial charge in [-0.1, -0.05) is 42.1 Å². The van der Waals surface area contributed by atoms with Crippen molar-refractivity contribution in [3.8, 4) is 0 Å². The van der Waals surface area contributed by atoms with Crippen LogP contribution in [0, 0.1) is 5.82 Å². The van der Waals surface area contributed by atoms with Crippen molar-refractivity contribution in [1.82, 2.24) is 5.32 Å². The van der Waals surface area contributed by atoms with E-state index in [-0.39, 0.29) is 24.2 Å². The van der Waals surface area contributed by atoms with E-state index in [2.05, 4.69) is 10.6 Å². The Balaban J connectivity index is 1.66. The quantitative estimate of drug-likeness (QED) is 0.839. The summed E-state index contributed by atoms with van der Waals surface area (Å²) in [5.41, 5.74) is 1.25. The number of amides is 2. The second-order valence-electron chi connectivity index (χ2n) is 5.68. The Morgan fingerprint density at radius 2 is 1.92 bits per heavy atom. The highest BCUT2D eigenvalue weighted by atomic mass is 32.2. The van der Waals surface area contributed by atoms with Crippen molar-refractivity contribution < 1.29 is 14.0 Å². The van der Waals surface area contributed by atoms with E-state index in [1.807, 2.05) is 18.2 Å². The summed E-state index contributed by atoms with van der Waals surface area (Å²) >= 11 is 1.23. The first-order valence-corrected chi connectivity index (χ1v) is 8.43. The summed E-state index contributed by atoms with van der Waals surface area (Å²) in [6, 6.07) is 13.8. The minimum Gasteiger partial charge on any atom is -0.354 e. The first-order chi connectivity index (χ1) is 11.5. The van der Waals surface area contributed by atoms with Gasteiger partial charge in [0, 0.05) is 11.4 Å². The largest absolute Gasteiger partial charge is 0.354 e. The molecule has 2 aromatic rings. The van der Waals surface area contributed by atoms with Crippen LogP contribution in [0.1, 0.15) is 12.5 Å². The molecule has 1 atom stereocenters. The van der Waals surface area contributed by atoms with Gasteiger partial charge in [-0.25, -0.2) is 4.39 Å². The molecular formula is C18H17FN2O2S. The average molecular weight is 344 g/mol. The molecule has 2 aromatic carbocycles. The van der Waals surface area contributed by atoms with Gasteiger partial charge in [-0.3, -0.25) is 9.59 Å². The zero-order valence-electron chi connectivity index (χ0n) is 13.1. The van der Waals surface area contributed by atoms with E-state index in [1.165, 1.54) is 17.8 Å². The van der Waals surface area contributed by atoms with Gasteiger partial charge < -0.3 is 10.6 Å². The molecule has 3 rings (SSSR count). The number of benzene rings is 2. The number of hydrogen-bond acceptors (Lipinski definition) is 3. The highest BCUT2D eigenvalue weighted by molar-refractivity contribution is 8.02. The Morgan fingerprint density at radius 1 is 1.21 bits per heavy atom. The second-order valence-corrected chi connectivity index (χ2v) is 7.14. The highest BCUT2D eigenvalue weighted by Crippen LogP contribution is 2.42. The van der Waals surface area contributed by atoms with Gasteiger partial charge in [-0.15, -0.1) is 0 Å². The molecule has 1 unspecified atom stereocenters. The van der Waals surface area contributed by atoms with Crippen LogP contribution in [0.4, 0.5) is 10.1 Å². The molecule has 6 heteroatoms. The van der Waals surface area contributed by atoms with E-state index >= 15 is 0 Å². The fraction of sp³-hybridized carbons (Fsp3) is 0.222. The topological polar surface area (TPSA) is 58.2 Å². The van der Waals surface area contributed by atoms with Crippen molar-refractivity contribution in [2.75, 3.05) is 11.9 Å². The normalized spacial score (nSPS) is 19.3. The molecule has 1 aliphatic heterocycles. The number of fused-ring (bicyclic) bond motifs is 1. The minimum atomic E-state index is -1.25. The highest BCUT2D eigenvalue weighted by Gasteiger charge is 2.45. The number of halogens is 1. The molecule has 24 heavy (non-hydrogen) atoms. The lowest BCUT2D eigenvalue weighted by molar-refractivity contribution is -0.129. The second kappa shape index (κ2) is 6.65. The molecule has 1 heterocycles. The predicted octanol–water partition coefficient (Wildman–Crippen LogP) is 2.99. The third-order valence-electron chi connectivity index (χ3n) is 3.95. The molecule has 1 aliphatic rings. The third kappa shape index (κ3) is 3.14. The summed E-state index contributed by atoms with van der Waals surface area (Å²) in [6.07, 6.45) is 0.372. The summed E-state index contributed by atoms with van der Waals surface area (Å²) in [4.78, 5) is 25.7. The molecular weight excluding hydrogens is 327 g/mol. The zero-order valence-corrected chi connectivity index (χ0v) is 14.0. The Hall–Kier alpha value is -2.34. The van der Waals surface area contributed by atoms with Gasteiger partial charge in [0.25, 0.3) is 0 Å². The van der Waals surface area contributed by atoms with Crippen molar-refractivity contribution in [2.45, 2.75) is 23.0 Å². The fourth-order valence-electron chi connectivity index (χ4n) is 2.50. The molecule has 0 saturated heterocycles. The number of rotatable bonds is 4. The van der Waals surface area contributed by atoms with E-state index < -0.39 is 4.75 Å². The van der Waals surface area contributed by atoms with E-state index in [1.54, 1.807) is 31.2 Å². The van der Waals surface area contributed by atoms with Crippen LogP contribution in [0.3, 0.4) is 0 Å². The van der Waals surface area contributed by atoms with Gasteiger partial charge in [0.05, 0.1) is 5.69 Å². The summed E-state index contributed by atoms with van der Waals surface area (Å²) in [7, 11) is 0. The molecule has 124 valence electrons. The number of carbonyl (C=O) groups is 2. The molecule has 4 nitrogen and oxygen atoms in total. The monoisotopic (exact) mass is 344 g/mol. The fourth-order valence-corrected chi connectivity index (χ4v) is 3.62. The van der Waals surface area contributed by atoms with Gasteiger partial charge in [0.1, 0.15) is 5.82 Å². The Kier molecular flexibility index (Phi) is 4.57. The van der Waals surface area contributed by atoms with E-state index in [0.717, 1.165) is 4.90 Å². The Bertz CT molecular complexity index is 796. The van der Waals surface area contributed by atoms with Crippen molar-refractivity contribution in [3.63, 3.8) is 0 Å². The molecule has 2 amide bonds. The maximum Gasteiger partial charge on any atom is 0.250 e. The molecule has 0 radical (unpaired) electrons. The van der Waals surface area contributed by atoms with Crippen LogP contribution in [0.25, 0.3) is 0 Å². The van der Waals surface area contributed by atoms with Gasteiger partial charge >= 0.3 is 0 Å². The van der Waals surface area contributed by atoms with Crippen molar-refractivity contribution in [3.05, 3.63) is 59.9 Å². The number of anilines is 1. The van der Waals surface area contributed by atoms with E-state index in [0.29, 0.717) is 17.7 Å². The first kappa shape index (κ1) is 16.5. The van der Waals surface area contributed by atoms with Crippen molar-refractivity contribution in [1.29, 1.82) is 0 Å². The summed E-state index contributed by atoms with van der Waals surface area (Å²) in [5, 5.41) is 5.51. The molecule has 0 spiro atoms. The van der Waals surface area contributed by atoms with Crippen molar-refractivity contribution >= 4 is 29.3 Å². The molecule has 0 aromatic heterocycles. The van der Waals surface area contributed by atoms with Crippen LogP contribution in [-0.2, 0) is 16.0 Å². The van der Waals surface area contributed by atoms with Crippen molar-refractivity contribution in [2.24, 2.45) is 0 Å². The number of hydrogen-bond donors (Lipinski definition) is 2. The predicted molar refractivity (Wildman–Crippen MR) is 92.4 cm³/mol. The summed E-state index contributed by atoms with van der Waals surface area (Å²) in [6.45, 7) is 1.87. The standard InChI is InChI=1S/C18H17FN2O2S/c1-18(17(23)21-14-8-4-5-9-15(14)24-18)16(22)20-11-10-12-6-2-3-7-13(12)19/h2-9H,10-11H2,1H3,(H,20,22)(H,21,23). The lowest BCUT2D eigenvalue weighted by Gasteiger charge is -2.31. The van der Waals surface area contributed by atoms with Gasteiger partial charge in [0.2, 0.25) is 11.8 Å². The van der Waals surface area contributed by atoms with Crippen LogP contribution in [0.2, 0.25) is 0 Å². The zero-order chi connectivity index (χ0) is 17.2.